The van der Waals surface area contributed by atoms with Crippen LogP contribution in [0.5, 0.6) is 0 Å². The number of amides is 1. The first kappa shape index (κ1) is 15.1. The summed E-state index contributed by atoms with van der Waals surface area (Å²) in [4.78, 5) is 12.0. The monoisotopic (exact) mass is 308 g/mol. The molecule has 0 bridgehead atoms. The van der Waals surface area contributed by atoms with E-state index >= 15 is 0 Å². The summed E-state index contributed by atoms with van der Waals surface area (Å²) in [7, 11) is -2.46. The van der Waals surface area contributed by atoms with Crippen LogP contribution >= 0.6 is 0 Å². The van der Waals surface area contributed by atoms with E-state index in [2.05, 4.69) is 10.0 Å². The minimum Gasteiger partial charge on any atom is -0.321 e. The molecule has 0 heterocycles. The van der Waals surface area contributed by atoms with Gasteiger partial charge in [0, 0.05) is 0 Å². The van der Waals surface area contributed by atoms with E-state index in [9.17, 15) is 17.6 Å². The SMILES string of the molecule is CNS(=O)(=O)c1ccccc1NC(=O)c1ccccc1F. The minimum atomic E-state index is -3.73. The maximum absolute atomic E-state index is 13.6. The van der Waals surface area contributed by atoms with Crippen molar-refractivity contribution in [1.29, 1.82) is 0 Å². The molecule has 110 valence electrons. The number of anilines is 1. The second-order valence-corrected chi connectivity index (χ2v) is 5.99. The lowest BCUT2D eigenvalue weighted by molar-refractivity contribution is 0.102. The Balaban J connectivity index is 2.38. The fourth-order valence-electron chi connectivity index (χ4n) is 1.75. The highest BCUT2D eigenvalue weighted by Crippen LogP contribution is 2.21. The molecule has 1 amide bonds. The van der Waals surface area contributed by atoms with E-state index in [0.717, 1.165) is 6.07 Å². The Bertz CT molecular complexity index is 775. The molecule has 5 nitrogen and oxygen atoms in total. The summed E-state index contributed by atoms with van der Waals surface area (Å²) < 4.78 is 39.5. The predicted molar refractivity (Wildman–Crippen MR) is 77.0 cm³/mol. The molecule has 0 aliphatic heterocycles. The van der Waals surface area contributed by atoms with Gasteiger partial charge in [-0.3, -0.25) is 4.79 Å². The summed E-state index contributed by atoms with van der Waals surface area (Å²) in [6.45, 7) is 0. The Morgan fingerprint density at radius 2 is 1.67 bits per heavy atom. The third kappa shape index (κ3) is 3.26. The Hall–Kier alpha value is -2.25. The van der Waals surface area contributed by atoms with Gasteiger partial charge in [-0.05, 0) is 31.3 Å². The van der Waals surface area contributed by atoms with Gasteiger partial charge in [-0.25, -0.2) is 17.5 Å². The molecule has 0 aliphatic carbocycles. The van der Waals surface area contributed by atoms with Gasteiger partial charge < -0.3 is 5.32 Å². The second kappa shape index (κ2) is 6.02. The van der Waals surface area contributed by atoms with Gasteiger partial charge in [0.15, 0.2) is 0 Å². The van der Waals surface area contributed by atoms with Crippen LogP contribution in [0.15, 0.2) is 53.4 Å². The molecule has 2 aromatic rings. The molecule has 21 heavy (non-hydrogen) atoms. The maximum Gasteiger partial charge on any atom is 0.258 e. The number of hydrogen-bond acceptors (Lipinski definition) is 3. The van der Waals surface area contributed by atoms with E-state index in [1.165, 1.54) is 43.4 Å². The lowest BCUT2D eigenvalue weighted by Crippen LogP contribution is -2.22. The first-order valence-corrected chi connectivity index (χ1v) is 7.52. The molecule has 0 aromatic heterocycles. The van der Waals surface area contributed by atoms with Crippen LogP contribution in [0, 0.1) is 5.82 Å². The molecule has 0 unspecified atom stereocenters. The lowest BCUT2D eigenvalue weighted by Gasteiger charge is -2.11. The van der Waals surface area contributed by atoms with Crippen molar-refractivity contribution in [2.24, 2.45) is 0 Å². The van der Waals surface area contributed by atoms with Gasteiger partial charge in [0.05, 0.1) is 11.3 Å². The van der Waals surface area contributed by atoms with Gasteiger partial charge in [-0.15, -0.1) is 0 Å². The van der Waals surface area contributed by atoms with Crippen molar-refractivity contribution in [2.45, 2.75) is 4.90 Å². The smallest absolute Gasteiger partial charge is 0.258 e. The number of halogens is 1. The van der Waals surface area contributed by atoms with Crippen LogP contribution in [0.25, 0.3) is 0 Å². The highest BCUT2D eigenvalue weighted by molar-refractivity contribution is 7.89. The van der Waals surface area contributed by atoms with Crippen LogP contribution in [0.1, 0.15) is 10.4 Å². The number of para-hydroxylation sites is 1. The fourth-order valence-corrected chi connectivity index (χ4v) is 2.64. The summed E-state index contributed by atoms with van der Waals surface area (Å²) in [5.74, 6) is -1.39. The standard InChI is InChI=1S/C14H13FN2O3S/c1-16-21(19,20)13-9-5-4-8-12(13)17-14(18)10-6-2-3-7-11(10)15/h2-9,16H,1H3,(H,17,18). The van der Waals surface area contributed by atoms with E-state index in [1.807, 2.05) is 0 Å². The number of rotatable bonds is 4. The van der Waals surface area contributed by atoms with Gasteiger partial charge in [0.25, 0.3) is 5.91 Å². The average molecular weight is 308 g/mol. The van der Waals surface area contributed by atoms with Crippen LogP contribution in [0.2, 0.25) is 0 Å². The summed E-state index contributed by atoms with van der Waals surface area (Å²) in [5.41, 5.74) is -0.0748. The first-order chi connectivity index (χ1) is 9.95. The number of benzene rings is 2. The Morgan fingerprint density at radius 1 is 1.05 bits per heavy atom. The molecular formula is C14H13FN2O3S. The molecule has 7 heteroatoms. The van der Waals surface area contributed by atoms with Gasteiger partial charge in [-0.1, -0.05) is 24.3 Å². The van der Waals surface area contributed by atoms with Crippen LogP contribution < -0.4 is 10.0 Å². The fraction of sp³-hybridized carbons (Fsp3) is 0.0714. The summed E-state index contributed by atoms with van der Waals surface area (Å²) in [5, 5.41) is 2.41. The van der Waals surface area contributed by atoms with E-state index in [-0.39, 0.29) is 16.1 Å². The molecule has 0 aliphatic rings. The third-order valence-corrected chi connectivity index (χ3v) is 4.28. The zero-order chi connectivity index (χ0) is 15.5. The van der Waals surface area contributed by atoms with Crippen LogP contribution in [0.4, 0.5) is 10.1 Å². The first-order valence-electron chi connectivity index (χ1n) is 6.04. The van der Waals surface area contributed by atoms with Crippen LogP contribution in [-0.2, 0) is 10.0 Å². The molecule has 0 spiro atoms. The van der Waals surface area contributed by atoms with Crippen LogP contribution in [-0.4, -0.2) is 21.4 Å². The Labute approximate surface area is 121 Å². The number of nitrogens with one attached hydrogen (secondary N) is 2. The van der Waals surface area contributed by atoms with Gasteiger partial charge in [0.2, 0.25) is 10.0 Å². The zero-order valence-electron chi connectivity index (χ0n) is 11.1. The number of carbonyl (C=O) groups excluding carboxylic acids is 1. The lowest BCUT2D eigenvalue weighted by atomic mass is 10.2. The molecule has 2 N–H and O–H groups in total. The molecule has 0 atom stereocenters. The van der Waals surface area contributed by atoms with Crippen molar-refractivity contribution < 1.29 is 17.6 Å². The van der Waals surface area contributed by atoms with Gasteiger partial charge in [0.1, 0.15) is 10.7 Å². The highest BCUT2D eigenvalue weighted by atomic mass is 32.2. The number of carbonyl (C=O) groups is 1. The molecule has 0 saturated heterocycles. The largest absolute Gasteiger partial charge is 0.321 e. The summed E-state index contributed by atoms with van der Waals surface area (Å²) in [6, 6.07) is 11.4. The van der Waals surface area contributed by atoms with E-state index < -0.39 is 21.7 Å². The molecule has 0 radical (unpaired) electrons. The normalized spacial score (nSPS) is 11.1. The number of sulfonamides is 1. The maximum atomic E-state index is 13.6. The molecule has 2 aromatic carbocycles. The molecule has 0 fully saturated rings. The Morgan fingerprint density at radius 3 is 2.33 bits per heavy atom. The minimum absolute atomic E-state index is 0.0834. The van der Waals surface area contributed by atoms with Gasteiger partial charge in [-0.2, -0.15) is 0 Å². The van der Waals surface area contributed by atoms with Crippen molar-refractivity contribution in [3.8, 4) is 0 Å². The Kier molecular flexibility index (Phi) is 4.35. The predicted octanol–water partition coefficient (Wildman–Crippen LogP) is 1.99. The van der Waals surface area contributed by atoms with E-state index in [4.69, 9.17) is 0 Å². The highest BCUT2D eigenvalue weighted by Gasteiger charge is 2.19. The average Bonchev–Trinajstić information content (AvgIpc) is 2.48. The van der Waals surface area contributed by atoms with Crippen molar-refractivity contribution >= 4 is 21.6 Å². The van der Waals surface area contributed by atoms with Gasteiger partial charge >= 0.3 is 0 Å². The zero-order valence-corrected chi connectivity index (χ0v) is 11.9. The van der Waals surface area contributed by atoms with Crippen molar-refractivity contribution in [3.63, 3.8) is 0 Å². The van der Waals surface area contributed by atoms with Crippen molar-refractivity contribution in [3.05, 3.63) is 59.9 Å². The third-order valence-electron chi connectivity index (χ3n) is 2.81. The second-order valence-electron chi connectivity index (χ2n) is 4.14. The van der Waals surface area contributed by atoms with Crippen molar-refractivity contribution in [1.82, 2.24) is 4.72 Å². The number of hydrogen-bond donors (Lipinski definition) is 2. The quantitative estimate of drug-likeness (QED) is 0.907. The topological polar surface area (TPSA) is 75.3 Å². The summed E-state index contributed by atoms with van der Waals surface area (Å²) in [6.07, 6.45) is 0. The van der Waals surface area contributed by atoms with E-state index in [1.54, 1.807) is 6.07 Å². The van der Waals surface area contributed by atoms with Crippen molar-refractivity contribution in [2.75, 3.05) is 12.4 Å². The molecular weight excluding hydrogens is 295 g/mol. The molecule has 2 rings (SSSR count). The van der Waals surface area contributed by atoms with E-state index in [0.29, 0.717) is 0 Å². The summed E-state index contributed by atoms with van der Waals surface area (Å²) >= 11 is 0. The van der Waals surface area contributed by atoms with Crippen LogP contribution in [0.3, 0.4) is 0 Å². The molecule has 0 saturated carbocycles.